The summed E-state index contributed by atoms with van der Waals surface area (Å²) >= 11 is 0. The largest absolute Gasteiger partial charge is 0.417 e. The van der Waals surface area contributed by atoms with Crippen LogP contribution in [0.1, 0.15) is 71.3 Å². The lowest BCUT2D eigenvalue weighted by Gasteiger charge is -2.36. The summed E-state index contributed by atoms with van der Waals surface area (Å²) in [5.74, 6) is 0. The topological polar surface area (TPSA) is 52.9 Å². The molecule has 5 heteroatoms. The van der Waals surface area contributed by atoms with E-state index in [4.69, 9.17) is 4.43 Å². The molecule has 1 aromatic carbocycles. The van der Waals surface area contributed by atoms with Gasteiger partial charge in [-0.2, -0.15) is 0 Å². The SMILES string of the molecule is CC(C)(C)[Si](C)(C)OCCCCCCCCC(O)CN(CCO)Cc1ccccc1. The summed E-state index contributed by atoms with van der Waals surface area (Å²) in [6.45, 7) is 14.5. The van der Waals surface area contributed by atoms with Gasteiger partial charge in [-0.15, -0.1) is 0 Å². The highest BCUT2D eigenvalue weighted by molar-refractivity contribution is 6.74. The molecule has 30 heavy (non-hydrogen) atoms. The van der Waals surface area contributed by atoms with Crippen LogP contribution in [0.15, 0.2) is 30.3 Å². The molecule has 174 valence electrons. The van der Waals surface area contributed by atoms with E-state index in [-0.39, 0.29) is 12.7 Å². The molecule has 0 aliphatic carbocycles. The van der Waals surface area contributed by atoms with Crippen LogP contribution in [-0.2, 0) is 11.0 Å². The summed E-state index contributed by atoms with van der Waals surface area (Å²) in [6.07, 6.45) is 7.64. The predicted molar refractivity (Wildman–Crippen MR) is 130 cm³/mol. The lowest BCUT2D eigenvalue weighted by atomic mass is 10.1. The second-order valence-electron chi connectivity index (χ2n) is 10.1. The molecule has 0 heterocycles. The number of benzene rings is 1. The predicted octanol–water partition coefficient (Wildman–Crippen LogP) is 5.59. The highest BCUT2D eigenvalue weighted by Crippen LogP contribution is 2.36. The molecule has 0 radical (unpaired) electrons. The van der Waals surface area contributed by atoms with E-state index in [0.29, 0.717) is 18.1 Å². The summed E-state index contributed by atoms with van der Waals surface area (Å²) in [5, 5.41) is 20.0. The highest BCUT2D eigenvalue weighted by Gasteiger charge is 2.36. The maximum Gasteiger partial charge on any atom is 0.191 e. The van der Waals surface area contributed by atoms with Crippen molar-refractivity contribution in [1.29, 1.82) is 0 Å². The van der Waals surface area contributed by atoms with Gasteiger partial charge in [0.15, 0.2) is 8.32 Å². The van der Waals surface area contributed by atoms with Gasteiger partial charge in [0.05, 0.1) is 12.7 Å². The van der Waals surface area contributed by atoms with E-state index in [0.717, 1.165) is 32.4 Å². The van der Waals surface area contributed by atoms with Crippen LogP contribution >= 0.6 is 0 Å². The molecule has 0 aliphatic rings. The monoisotopic (exact) mass is 437 g/mol. The number of rotatable bonds is 16. The third kappa shape index (κ3) is 11.6. The van der Waals surface area contributed by atoms with Gasteiger partial charge in [-0.05, 0) is 36.5 Å². The van der Waals surface area contributed by atoms with Gasteiger partial charge in [-0.25, -0.2) is 0 Å². The minimum atomic E-state index is -1.59. The van der Waals surface area contributed by atoms with Gasteiger partial charge in [0.2, 0.25) is 0 Å². The van der Waals surface area contributed by atoms with Crippen molar-refractivity contribution in [2.75, 3.05) is 26.3 Å². The van der Waals surface area contributed by atoms with Crippen molar-refractivity contribution in [2.45, 2.75) is 96.5 Å². The molecule has 0 bridgehead atoms. The van der Waals surface area contributed by atoms with E-state index in [1.54, 1.807) is 0 Å². The van der Waals surface area contributed by atoms with Crippen molar-refractivity contribution < 1.29 is 14.6 Å². The molecular formula is C25H47NO3Si. The van der Waals surface area contributed by atoms with Crippen molar-refractivity contribution >= 4 is 8.32 Å². The van der Waals surface area contributed by atoms with Crippen molar-refractivity contribution in [2.24, 2.45) is 0 Å². The molecule has 0 aliphatic heterocycles. The molecule has 4 nitrogen and oxygen atoms in total. The molecule has 0 saturated heterocycles. The first-order valence-corrected chi connectivity index (χ1v) is 14.8. The van der Waals surface area contributed by atoms with E-state index in [9.17, 15) is 10.2 Å². The fraction of sp³-hybridized carbons (Fsp3) is 0.760. The molecule has 0 aromatic heterocycles. The van der Waals surface area contributed by atoms with Gasteiger partial charge in [0, 0.05) is 26.2 Å². The third-order valence-electron chi connectivity index (χ3n) is 6.33. The first-order valence-electron chi connectivity index (χ1n) is 11.8. The molecule has 0 fully saturated rings. The molecule has 1 rings (SSSR count). The molecule has 0 saturated carbocycles. The lowest BCUT2D eigenvalue weighted by molar-refractivity contribution is 0.0878. The minimum Gasteiger partial charge on any atom is -0.417 e. The Balaban J connectivity index is 2.10. The number of aliphatic hydroxyl groups excluding tert-OH is 2. The van der Waals surface area contributed by atoms with E-state index >= 15 is 0 Å². The molecular weight excluding hydrogens is 390 g/mol. The van der Waals surface area contributed by atoms with Crippen LogP contribution in [-0.4, -0.2) is 55.8 Å². The van der Waals surface area contributed by atoms with Crippen molar-refractivity contribution in [3.05, 3.63) is 35.9 Å². The Hall–Kier alpha value is -0.723. The van der Waals surface area contributed by atoms with Crippen LogP contribution in [0.3, 0.4) is 0 Å². The van der Waals surface area contributed by atoms with Gasteiger partial charge in [0.1, 0.15) is 0 Å². The minimum absolute atomic E-state index is 0.124. The van der Waals surface area contributed by atoms with Crippen molar-refractivity contribution in [3.63, 3.8) is 0 Å². The molecule has 0 amide bonds. The smallest absolute Gasteiger partial charge is 0.191 e. The van der Waals surface area contributed by atoms with E-state index in [1.165, 1.54) is 31.2 Å². The summed E-state index contributed by atoms with van der Waals surface area (Å²) in [4.78, 5) is 2.14. The maximum atomic E-state index is 10.4. The van der Waals surface area contributed by atoms with Crippen molar-refractivity contribution in [3.8, 4) is 0 Å². The number of hydrogen-bond donors (Lipinski definition) is 2. The quantitative estimate of drug-likeness (QED) is 0.261. The van der Waals surface area contributed by atoms with Crippen LogP contribution in [0.5, 0.6) is 0 Å². The van der Waals surface area contributed by atoms with Crippen molar-refractivity contribution in [1.82, 2.24) is 4.90 Å². The second kappa shape index (κ2) is 14.4. The Morgan fingerprint density at radius 3 is 2.17 bits per heavy atom. The van der Waals surface area contributed by atoms with E-state index in [1.807, 2.05) is 18.2 Å². The van der Waals surface area contributed by atoms with Gasteiger partial charge in [-0.1, -0.05) is 83.2 Å². The zero-order valence-electron chi connectivity index (χ0n) is 20.2. The van der Waals surface area contributed by atoms with Crippen LogP contribution in [0.2, 0.25) is 18.1 Å². The van der Waals surface area contributed by atoms with E-state index < -0.39 is 8.32 Å². The zero-order chi connectivity index (χ0) is 22.5. The number of nitrogens with zero attached hydrogens (tertiary/aromatic N) is 1. The summed E-state index contributed by atoms with van der Waals surface area (Å²) in [6, 6.07) is 10.3. The van der Waals surface area contributed by atoms with Gasteiger partial charge in [0.25, 0.3) is 0 Å². The fourth-order valence-corrected chi connectivity index (χ4v) is 4.43. The molecule has 1 atom stereocenters. The summed E-state index contributed by atoms with van der Waals surface area (Å²) < 4.78 is 6.24. The summed E-state index contributed by atoms with van der Waals surface area (Å²) in [5.41, 5.74) is 1.22. The van der Waals surface area contributed by atoms with Crippen LogP contribution in [0, 0.1) is 0 Å². The Morgan fingerprint density at radius 1 is 0.967 bits per heavy atom. The Bertz CT molecular complexity index is 545. The Morgan fingerprint density at radius 2 is 1.57 bits per heavy atom. The number of aliphatic hydroxyl groups is 2. The summed E-state index contributed by atoms with van der Waals surface area (Å²) in [7, 11) is -1.59. The third-order valence-corrected chi connectivity index (χ3v) is 10.9. The van der Waals surface area contributed by atoms with Crippen LogP contribution in [0.4, 0.5) is 0 Å². The molecule has 1 unspecified atom stereocenters. The second-order valence-corrected chi connectivity index (χ2v) is 14.9. The van der Waals surface area contributed by atoms with Crippen LogP contribution < -0.4 is 0 Å². The number of hydrogen-bond acceptors (Lipinski definition) is 4. The molecule has 1 aromatic rings. The van der Waals surface area contributed by atoms with E-state index in [2.05, 4.69) is 50.9 Å². The average molecular weight is 438 g/mol. The molecule has 0 spiro atoms. The maximum absolute atomic E-state index is 10.4. The fourth-order valence-electron chi connectivity index (χ4n) is 3.34. The van der Waals surface area contributed by atoms with Gasteiger partial charge >= 0.3 is 0 Å². The first kappa shape index (κ1) is 27.3. The van der Waals surface area contributed by atoms with Crippen LogP contribution in [0.25, 0.3) is 0 Å². The average Bonchev–Trinajstić information content (AvgIpc) is 2.66. The Labute approximate surface area is 186 Å². The van der Waals surface area contributed by atoms with Gasteiger partial charge < -0.3 is 14.6 Å². The van der Waals surface area contributed by atoms with Gasteiger partial charge in [-0.3, -0.25) is 4.90 Å². The normalized spacial score (nSPS) is 13.7. The first-order chi connectivity index (χ1) is 14.2. The standard InChI is InChI=1S/C25H47NO3Si/c1-25(2,3)30(4,5)29-20-14-9-7-6-8-13-17-24(28)22-26(18-19-27)21-23-15-11-10-12-16-23/h10-12,15-16,24,27-28H,6-9,13-14,17-22H2,1-5H3. The molecule has 2 N–H and O–H groups in total. The number of unbranched alkanes of at least 4 members (excludes halogenated alkanes) is 5. The Kier molecular flexibility index (Phi) is 13.1. The highest BCUT2D eigenvalue weighted by atomic mass is 28.4. The zero-order valence-corrected chi connectivity index (χ0v) is 21.2. The lowest BCUT2D eigenvalue weighted by Crippen LogP contribution is -2.40.